The van der Waals surface area contributed by atoms with Crippen molar-refractivity contribution in [2.45, 2.75) is 37.5 Å². The molecular weight excluding hydrogens is 436 g/mol. The number of rotatable bonds is 10. The van der Waals surface area contributed by atoms with Gasteiger partial charge in [-0.05, 0) is 48.2 Å². The van der Waals surface area contributed by atoms with Gasteiger partial charge in [-0.2, -0.15) is 0 Å². The number of aliphatic hydroxyl groups is 1. The molecule has 1 amide bonds. The lowest BCUT2D eigenvalue weighted by molar-refractivity contribution is -0.121. The molecule has 2 N–H and O–H groups in total. The number of carbonyl (C=O) groups is 1. The molecular formula is C26H34N2O6. The Hall–Kier alpha value is -2.65. The molecule has 2 aromatic carbocycles. The summed E-state index contributed by atoms with van der Waals surface area (Å²) in [6.45, 7) is 2.39. The molecule has 2 aliphatic rings. The van der Waals surface area contributed by atoms with Gasteiger partial charge in [0.1, 0.15) is 11.5 Å². The summed E-state index contributed by atoms with van der Waals surface area (Å²) in [5, 5.41) is 13.1. The van der Waals surface area contributed by atoms with Crippen LogP contribution in [0.15, 0.2) is 42.5 Å². The first-order valence-electron chi connectivity index (χ1n) is 11.8. The number of hydrogen-bond donors (Lipinski definition) is 2. The molecule has 1 fully saturated rings. The topological polar surface area (TPSA) is 89.5 Å². The molecule has 2 heterocycles. The van der Waals surface area contributed by atoms with Gasteiger partial charge in [-0.3, -0.25) is 4.79 Å². The zero-order valence-corrected chi connectivity index (χ0v) is 19.9. The Bertz CT molecular complexity index is 951. The molecule has 0 aromatic heterocycles. The van der Waals surface area contributed by atoms with Crippen molar-refractivity contribution in [1.82, 2.24) is 5.32 Å². The highest BCUT2D eigenvalue weighted by molar-refractivity contribution is 5.97. The van der Waals surface area contributed by atoms with Crippen molar-refractivity contribution >= 4 is 11.6 Å². The number of ether oxygens (including phenoxy) is 4. The van der Waals surface area contributed by atoms with Gasteiger partial charge in [0, 0.05) is 38.8 Å². The van der Waals surface area contributed by atoms with Crippen LogP contribution in [0.25, 0.3) is 0 Å². The summed E-state index contributed by atoms with van der Waals surface area (Å²) in [4.78, 5) is 14.2. The van der Waals surface area contributed by atoms with Crippen LogP contribution >= 0.6 is 0 Å². The number of nitrogens with zero attached hydrogens (tertiary/aromatic N) is 1. The third kappa shape index (κ3) is 5.70. The summed E-state index contributed by atoms with van der Waals surface area (Å²) in [5.74, 6) is 1.63. The summed E-state index contributed by atoms with van der Waals surface area (Å²) >= 11 is 0. The van der Waals surface area contributed by atoms with Gasteiger partial charge in [0.25, 0.3) is 5.91 Å². The zero-order valence-electron chi connectivity index (χ0n) is 19.9. The minimum Gasteiger partial charge on any atom is -0.497 e. The molecule has 8 nitrogen and oxygen atoms in total. The first kappa shape index (κ1) is 24.5. The van der Waals surface area contributed by atoms with Crippen LogP contribution in [-0.2, 0) is 20.9 Å². The fourth-order valence-electron chi connectivity index (χ4n) is 4.64. The molecule has 34 heavy (non-hydrogen) atoms. The van der Waals surface area contributed by atoms with Crippen LogP contribution in [0, 0.1) is 0 Å². The smallest absolute Gasteiger partial charge is 0.265 e. The molecule has 3 atom stereocenters. The second-order valence-corrected chi connectivity index (χ2v) is 8.74. The van der Waals surface area contributed by atoms with Gasteiger partial charge in [-0.15, -0.1) is 0 Å². The Labute approximate surface area is 200 Å². The number of nitrogens with one attached hydrogen (secondary N) is 1. The molecule has 4 rings (SSSR count). The quantitative estimate of drug-likeness (QED) is 0.516. The van der Waals surface area contributed by atoms with Gasteiger partial charge in [0.15, 0.2) is 6.61 Å². The maximum atomic E-state index is 12.5. The average Bonchev–Trinajstić information content (AvgIpc) is 2.88. The minimum atomic E-state index is -0.0529. The Morgan fingerprint density at radius 2 is 2.00 bits per heavy atom. The SMILES string of the molecule is COCCCN1C(=O)COc2ccc(COC3CNC(CO)CC3c3ccc(OC)cc3)cc21. The Morgan fingerprint density at radius 3 is 2.74 bits per heavy atom. The third-order valence-electron chi connectivity index (χ3n) is 6.52. The highest BCUT2D eigenvalue weighted by atomic mass is 16.5. The van der Waals surface area contributed by atoms with E-state index in [0.29, 0.717) is 32.1 Å². The van der Waals surface area contributed by atoms with Crippen molar-refractivity contribution in [1.29, 1.82) is 0 Å². The lowest BCUT2D eigenvalue weighted by atomic mass is 9.84. The highest BCUT2D eigenvalue weighted by Gasteiger charge is 2.32. The fourth-order valence-corrected chi connectivity index (χ4v) is 4.64. The average molecular weight is 471 g/mol. The minimum absolute atomic E-state index is 0.0412. The number of hydrogen-bond acceptors (Lipinski definition) is 7. The predicted molar refractivity (Wildman–Crippen MR) is 129 cm³/mol. The van der Waals surface area contributed by atoms with E-state index >= 15 is 0 Å². The van der Waals surface area contributed by atoms with E-state index < -0.39 is 0 Å². The standard InChI is InChI=1S/C26H34N2O6/c1-31-11-3-10-28-23-12-18(4-9-24(23)34-17-26(28)30)16-33-25-14-27-20(15-29)13-22(25)19-5-7-21(32-2)8-6-19/h4-9,12,20,22,25,27,29H,3,10-11,13-17H2,1-2H3. The van der Waals surface area contributed by atoms with E-state index in [0.717, 1.165) is 29.8 Å². The summed E-state index contributed by atoms with van der Waals surface area (Å²) < 4.78 is 22.5. The molecule has 0 saturated carbocycles. The van der Waals surface area contributed by atoms with Crippen LogP contribution in [0.4, 0.5) is 5.69 Å². The number of amides is 1. The number of aliphatic hydroxyl groups excluding tert-OH is 1. The van der Waals surface area contributed by atoms with Gasteiger partial charge in [0.2, 0.25) is 0 Å². The van der Waals surface area contributed by atoms with Crippen LogP contribution in [0.2, 0.25) is 0 Å². The largest absolute Gasteiger partial charge is 0.497 e. The van der Waals surface area contributed by atoms with Crippen LogP contribution in [0.5, 0.6) is 11.5 Å². The molecule has 0 radical (unpaired) electrons. The number of benzene rings is 2. The summed E-state index contributed by atoms with van der Waals surface area (Å²) in [6.07, 6.45) is 1.49. The van der Waals surface area contributed by atoms with Gasteiger partial charge >= 0.3 is 0 Å². The molecule has 0 bridgehead atoms. The summed E-state index contributed by atoms with van der Waals surface area (Å²) in [6, 6.07) is 14.0. The molecule has 2 aliphatic heterocycles. The molecule has 8 heteroatoms. The van der Waals surface area contributed by atoms with Crippen LogP contribution < -0.4 is 19.7 Å². The summed E-state index contributed by atoms with van der Waals surface area (Å²) in [7, 11) is 3.32. The second kappa shape index (κ2) is 11.7. The lowest BCUT2D eigenvalue weighted by Gasteiger charge is -2.37. The maximum absolute atomic E-state index is 12.5. The van der Waals surface area contributed by atoms with Gasteiger partial charge in [0.05, 0.1) is 32.1 Å². The molecule has 1 saturated heterocycles. The third-order valence-corrected chi connectivity index (χ3v) is 6.52. The predicted octanol–water partition coefficient (Wildman–Crippen LogP) is 2.48. The first-order chi connectivity index (χ1) is 16.6. The number of anilines is 1. The summed E-state index contributed by atoms with van der Waals surface area (Å²) in [5.41, 5.74) is 2.92. The van der Waals surface area contributed by atoms with E-state index in [4.69, 9.17) is 18.9 Å². The molecule has 3 unspecified atom stereocenters. The Balaban J connectivity index is 1.47. The van der Waals surface area contributed by atoms with Gasteiger partial charge in [-0.1, -0.05) is 18.2 Å². The van der Waals surface area contributed by atoms with Gasteiger partial charge < -0.3 is 34.3 Å². The Kier molecular flexibility index (Phi) is 8.39. The van der Waals surface area contributed by atoms with E-state index in [1.165, 1.54) is 5.56 Å². The van der Waals surface area contributed by atoms with Gasteiger partial charge in [-0.25, -0.2) is 0 Å². The number of fused-ring (bicyclic) bond motifs is 1. The molecule has 0 spiro atoms. The molecule has 184 valence electrons. The van der Waals surface area contributed by atoms with Crippen LogP contribution in [0.3, 0.4) is 0 Å². The molecule has 0 aliphatic carbocycles. The number of piperidine rings is 1. The van der Waals surface area contributed by atoms with Crippen molar-refractivity contribution in [3.63, 3.8) is 0 Å². The van der Waals surface area contributed by atoms with Crippen molar-refractivity contribution in [3.8, 4) is 11.5 Å². The maximum Gasteiger partial charge on any atom is 0.265 e. The second-order valence-electron chi connectivity index (χ2n) is 8.74. The zero-order chi connectivity index (χ0) is 23.9. The van der Waals surface area contributed by atoms with E-state index in [1.54, 1.807) is 19.1 Å². The van der Waals surface area contributed by atoms with E-state index in [1.807, 2.05) is 30.3 Å². The number of carbonyl (C=O) groups excluding carboxylic acids is 1. The van der Waals surface area contributed by atoms with E-state index in [2.05, 4.69) is 17.4 Å². The Morgan fingerprint density at radius 1 is 1.18 bits per heavy atom. The molecule has 2 aromatic rings. The monoisotopic (exact) mass is 470 g/mol. The van der Waals surface area contributed by atoms with Crippen molar-refractivity contribution < 1.29 is 28.8 Å². The highest BCUT2D eigenvalue weighted by Crippen LogP contribution is 2.35. The van der Waals surface area contributed by atoms with Crippen LogP contribution in [-0.4, -0.2) is 70.3 Å². The van der Waals surface area contributed by atoms with Crippen LogP contribution in [0.1, 0.15) is 29.9 Å². The van der Waals surface area contributed by atoms with Crippen molar-refractivity contribution in [2.24, 2.45) is 0 Å². The lowest BCUT2D eigenvalue weighted by Crippen LogP contribution is -2.48. The van der Waals surface area contributed by atoms with E-state index in [-0.39, 0.29) is 37.2 Å². The number of methoxy groups -OCH3 is 2. The normalized spacial score (nSPS) is 22.3. The van der Waals surface area contributed by atoms with Crippen molar-refractivity contribution in [2.75, 3.05) is 52.0 Å². The first-order valence-corrected chi connectivity index (χ1v) is 11.8. The fraction of sp³-hybridized carbons (Fsp3) is 0.500. The van der Waals surface area contributed by atoms with Crippen molar-refractivity contribution in [3.05, 3.63) is 53.6 Å². The van der Waals surface area contributed by atoms with E-state index in [9.17, 15) is 9.90 Å².